The molecule has 0 radical (unpaired) electrons. The van der Waals surface area contributed by atoms with Crippen LogP contribution in [0.2, 0.25) is 0 Å². The third kappa shape index (κ3) is 3.11. The molecule has 1 aliphatic carbocycles. The van der Waals surface area contributed by atoms with Gasteiger partial charge in [-0.3, -0.25) is 4.55 Å². The maximum absolute atomic E-state index is 10.4. The van der Waals surface area contributed by atoms with Gasteiger partial charge in [0.2, 0.25) is 5.79 Å². The third-order valence-electron chi connectivity index (χ3n) is 1.68. The maximum atomic E-state index is 10.4. The van der Waals surface area contributed by atoms with E-state index in [1.165, 1.54) is 6.08 Å². The van der Waals surface area contributed by atoms with Gasteiger partial charge in [-0.1, -0.05) is 6.08 Å². The molecule has 0 aromatic carbocycles. The number of hydrogen-bond acceptors (Lipinski definition) is 5. The van der Waals surface area contributed by atoms with Crippen LogP contribution in [0.1, 0.15) is 6.42 Å². The van der Waals surface area contributed by atoms with Crippen molar-refractivity contribution >= 4 is 10.4 Å². The molecule has 0 heterocycles. The summed E-state index contributed by atoms with van der Waals surface area (Å²) in [6, 6.07) is 0. The van der Waals surface area contributed by atoms with Crippen molar-refractivity contribution in [2.24, 2.45) is 0 Å². The van der Waals surface area contributed by atoms with Gasteiger partial charge in [0.05, 0.1) is 0 Å². The molecule has 6 nitrogen and oxygen atoms in total. The predicted octanol–water partition coefficient (Wildman–Crippen LogP) is -0.442. The van der Waals surface area contributed by atoms with E-state index in [9.17, 15) is 13.5 Å². The van der Waals surface area contributed by atoms with Gasteiger partial charge in [-0.2, -0.15) is 8.42 Å². The molecule has 80 valence electrons. The van der Waals surface area contributed by atoms with Crippen molar-refractivity contribution in [3.05, 3.63) is 23.9 Å². The summed E-state index contributed by atoms with van der Waals surface area (Å²) in [4.78, 5) is 0. The van der Waals surface area contributed by atoms with Crippen molar-refractivity contribution in [2.45, 2.75) is 12.2 Å². The molecular weight excluding hydrogens is 210 g/mol. The van der Waals surface area contributed by atoms with Gasteiger partial charge in [0.15, 0.2) is 0 Å². The van der Waals surface area contributed by atoms with Gasteiger partial charge in [0.1, 0.15) is 0 Å². The van der Waals surface area contributed by atoms with E-state index < -0.39 is 16.2 Å². The van der Waals surface area contributed by atoms with Crippen LogP contribution in [0.15, 0.2) is 23.9 Å². The van der Waals surface area contributed by atoms with E-state index in [0.717, 1.165) is 11.8 Å². The van der Waals surface area contributed by atoms with E-state index in [2.05, 4.69) is 9.50 Å². The summed E-state index contributed by atoms with van der Waals surface area (Å²) in [7, 11) is -2.97. The Hall–Kier alpha value is -0.890. The van der Waals surface area contributed by atoms with Gasteiger partial charge < -0.3 is 10.4 Å². The van der Waals surface area contributed by atoms with Crippen LogP contribution in [0.3, 0.4) is 0 Å². The molecule has 0 bridgehead atoms. The first-order valence-corrected chi connectivity index (χ1v) is 5.19. The fourth-order valence-electron chi connectivity index (χ4n) is 1.04. The third-order valence-corrected chi connectivity index (χ3v) is 2.18. The highest BCUT2D eigenvalue weighted by molar-refractivity contribution is 7.80. The van der Waals surface area contributed by atoms with Gasteiger partial charge in [-0.15, -0.1) is 0 Å². The summed E-state index contributed by atoms with van der Waals surface area (Å²) >= 11 is 0. The summed E-state index contributed by atoms with van der Waals surface area (Å²) < 4.78 is 33.2. The Balaban J connectivity index is 2.74. The molecule has 0 aromatic rings. The molecule has 0 aliphatic heterocycles. The average Bonchev–Trinajstić information content (AvgIpc) is 2.01. The number of hydrogen-bond donors (Lipinski definition) is 3. The highest BCUT2D eigenvalue weighted by Crippen LogP contribution is 2.22. The molecule has 0 saturated carbocycles. The maximum Gasteiger partial charge on any atom is 0.400 e. The minimum absolute atomic E-state index is 0.0561. The Morgan fingerprint density at radius 3 is 2.64 bits per heavy atom. The van der Waals surface area contributed by atoms with E-state index in [1.54, 1.807) is 13.1 Å². The van der Waals surface area contributed by atoms with E-state index in [4.69, 9.17) is 4.55 Å². The SMILES string of the molecule is CNC1=CC[C@@](O)(OS(=O)(=O)O)C=C1. The standard InChI is InChI=1S/C7H11NO5S/c1-8-6-2-4-7(9,5-3-6)13-14(10,11)12/h2-4,8-9H,5H2,1H3,(H,10,11,12)/t7-/m0/s1. The van der Waals surface area contributed by atoms with Gasteiger partial charge in [-0.25, -0.2) is 4.18 Å². The lowest BCUT2D eigenvalue weighted by atomic mass is 10.1. The van der Waals surface area contributed by atoms with Crippen LogP contribution in [-0.2, 0) is 14.6 Å². The molecule has 1 aliphatic rings. The Morgan fingerprint density at radius 1 is 1.64 bits per heavy atom. The number of likely N-dealkylation sites (N-methyl/N-ethyl adjacent to an activating group) is 1. The lowest BCUT2D eigenvalue weighted by Crippen LogP contribution is -2.34. The number of allylic oxidation sites excluding steroid dienone is 1. The van der Waals surface area contributed by atoms with Crippen LogP contribution in [0.25, 0.3) is 0 Å². The molecule has 14 heavy (non-hydrogen) atoms. The lowest BCUT2D eigenvalue weighted by Gasteiger charge is -2.24. The molecule has 3 N–H and O–H groups in total. The normalized spacial score (nSPS) is 27.2. The number of rotatable bonds is 3. The molecule has 0 aromatic heterocycles. The van der Waals surface area contributed by atoms with E-state index in [1.807, 2.05) is 0 Å². The molecule has 0 amide bonds. The molecule has 0 spiro atoms. The zero-order valence-electron chi connectivity index (χ0n) is 7.47. The summed E-state index contributed by atoms with van der Waals surface area (Å²) in [6.07, 6.45) is 4.09. The molecule has 0 saturated heterocycles. The topological polar surface area (TPSA) is 95.9 Å². The largest absolute Gasteiger partial charge is 0.400 e. The summed E-state index contributed by atoms with van der Waals surface area (Å²) in [5.74, 6) is -1.99. The molecule has 7 heteroatoms. The first-order valence-electron chi connectivity index (χ1n) is 3.82. The summed E-state index contributed by atoms with van der Waals surface area (Å²) in [5, 5.41) is 12.3. The van der Waals surface area contributed by atoms with Crippen molar-refractivity contribution in [2.75, 3.05) is 7.05 Å². The van der Waals surface area contributed by atoms with Gasteiger partial charge in [0.25, 0.3) is 0 Å². The summed E-state index contributed by atoms with van der Waals surface area (Å²) in [5.41, 5.74) is 0.730. The minimum Gasteiger partial charge on any atom is -0.388 e. The molecule has 0 unspecified atom stereocenters. The first kappa shape index (κ1) is 11.2. The van der Waals surface area contributed by atoms with Crippen LogP contribution >= 0.6 is 0 Å². The second-order valence-electron chi connectivity index (χ2n) is 2.80. The second-order valence-corrected chi connectivity index (χ2v) is 3.82. The fraction of sp³-hybridized carbons (Fsp3) is 0.429. The van der Waals surface area contributed by atoms with Crippen molar-refractivity contribution in [1.82, 2.24) is 5.32 Å². The van der Waals surface area contributed by atoms with Crippen LogP contribution in [-0.4, -0.2) is 30.9 Å². The van der Waals surface area contributed by atoms with E-state index in [-0.39, 0.29) is 6.42 Å². The first-order chi connectivity index (χ1) is 6.35. The monoisotopic (exact) mass is 221 g/mol. The molecule has 1 rings (SSSR count). The van der Waals surface area contributed by atoms with Crippen LogP contribution in [0.4, 0.5) is 0 Å². The van der Waals surface area contributed by atoms with E-state index >= 15 is 0 Å². The zero-order chi connectivity index (χ0) is 10.8. The zero-order valence-corrected chi connectivity index (χ0v) is 8.28. The Bertz CT molecular complexity index is 372. The van der Waals surface area contributed by atoms with Crippen molar-refractivity contribution < 1.29 is 22.3 Å². The Morgan fingerprint density at radius 2 is 2.29 bits per heavy atom. The highest BCUT2D eigenvalue weighted by atomic mass is 32.3. The molecule has 0 fully saturated rings. The van der Waals surface area contributed by atoms with Crippen molar-refractivity contribution in [3.63, 3.8) is 0 Å². The van der Waals surface area contributed by atoms with Gasteiger partial charge in [-0.05, 0) is 12.2 Å². The van der Waals surface area contributed by atoms with Crippen molar-refractivity contribution in [1.29, 1.82) is 0 Å². The quantitative estimate of drug-likeness (QED) is 0.441. The van der Waals surface area contributed by atoms with Gasteiger partial charge >= 0.3 is 10.4 Å². The van der Waals surface area contributed by atoms with E-state index in [0.29, 0.717) is 0 Å². The minimum atomic E-state index is -4.66. The Labute approximate surface area is 81.8 Å². The number of aliphatic hydroxyl groups is 1. The van der Waals surface area contributed by atoms with Crippen LogP contribution in [0.5, 0.6) is 0 Å². The lowest BCUT2D eigenvalue weighted by molar-refractivity contribution is -0.0933. The van der Waals surface area contributed by atoms with Crippen LogP contribution in [0, 0.1) is 0 Å². The highest BCUT2D eigenvalue weighted by Gasteiger charge is 2.31. The second kappa shape index (κ2) is 3.70. The van der Waals surface area contributed by atoms with Crippen molar-refractivity contribution in [3.8, 4) is 0 Å². The average molecular weight is 221 g/mol. The number of nitrogens with one attached hydrogen (secondary N) is 1. The predicted molar refractivity (Wildman–Crippen MR) is 48.5 cm³/mol. The molecular formula is C7H11NO5S. The molecule has 1 atom stereocenters. The summed E-state index contributed by atoms with van der Waals surface area (Å²) in [6.45, 7) is 0. The van der Waals surface area contributed by atoms with Gasteiger partial charge in [0, 0.05) is 19.2 Å². The smallest absolute Gasteiger partial charge is 0.388 e. The van der Waals surface area contributed by atoms with Crippen LogP contribution < -0.4 is 5.32 Å². The Kier molecular flexibility index (Phi) is 2.95. The fourth-order valence-corrected chi connectivity index (χ4v) is 1.53.